The summed E-state index contributed by atoms with van der Waals surface area (Å²) in [6.07, 6.45) is 2.68. The molecule has 2 aromatic carbocycles. The minimum absolute atomic E-state index is 0.0374. The molecule has 0 bridgehead atoms. The van der Waals surface area contributed by atoms with Gasteiger partial charge in [0.15, 0.2) is 13.6 Å². The molecule has 1 saturated carbocycles. The van der Waals surface area contributed by atoms with Crippen LogP contribution in [-0.2, 0) is 9.98 Å². The van der Waals surface area contributed by atoms with E-state index in [1.165, 1.54) is 0 Å². The molecule has 1 fully saturated rings. The summed E-state index contributed by atoms with van der Waals surface area (Å²) in [4.78, 5) is 27.4. The van der Waals surface area contributed by atoms with Crippen LogP contribution in [0.3, 0.4) is 0 Å². The fourth-order valence-corrected chi connectivity index (χ4v) is 6.88. The maximum absolute atomic E-state index is 13.9. The average Bonchev–Trinajstić information content (AvgIpc) is 3.16. The van der Waals surface area contributed by atoms with Crippen molar-refractivity contribution in [3.05, 3.63) is 69.3 Å². The summed E-state index contributed by atoms with van der Waals surface area (Å²) in [5, 5.41) is -1.09. The molecule has 0 heterocycles. The molecule has 0 aromatic heterocycles. The number of aryl methyl sites for hydroxylation is 4. The Bertz CT molecular complexity index is 1020. The molecule has 1 aliphatic carbocycles. The third-order valence-electron chi connectivity index (χ3n) is 6.75. The Balaban J connectivity index is 2.07. The van der Waals surface area contributed by atoms with Crippen LogP contribution in [-0.4, -0.2) is 16.5 Å². The number of hydrogen-bond donors (Lipinski definition) is 0. The highest BCUT2D eigenvalue weighted by molar-refractivity contribution is 7.67. The lowest BCUT2D eigenvalue weighted by molar-refractivity contribution is 0.0930. The first-order valence-corrected chi connectivity index (χ1v) is 12.4. The number of Topliss-reactive ketones (excluding diaryl/α,β-unsaturated/α-hetero) is 1. The maximum Gasteiger partial charge on any atom is 0.243 e. The summed E-state index contributed by atoms with van der Waals surface area (Å²) >= 11 is 0. The zero-order valence-corrected chi connectivity index (χ0v) is 20.8. The molecule has 3 nitrogen and oxygen atoms in total. The molecule has 0 aliphatic heterocycles. The first-order chi connectivity index (χ1) is 14.4. The lowest BCUT2D eigenvalue weighted by Gasteiger charge is -2.28. The van der Waals surface area contributed by atoms with Gasteiger partial charge in [-0.15, -0.1) is 0 Å². The minimum atomic E-state index is -2.40. The summed E-state index contributed by atoms with van der Waals surface area (Å²) in [7, 11) is -2.40. The average molecular weight is 438 g/mol. The number of carbonyl (C=O) groups is 2. The molecule has 4 heteroatoms. The Morgan fingerprint density at radius 1 is 0.839 bits per heavy atom. The fourth-order valence-electron chi connectivity index (χ4n) is 4.92. The molecule has 31 heavy (non-hydrogen) atoms. The Labute approximate surface area is 187 Å². The van der Waals surface area contributed by atoms with E-state index in [1.54, 1.807) is 0 Å². The van der Waals surface area contributed by atoms with Gasteiger partial charge in [0, 0.05) is 11.1 Å². The molecule has 1 unspecified atom stereocenters. The third-order valence-corrected chi connectivity index (χ3v) is 8.77. The Kier molecular flexibility index (Phi) is 6.40. The van der Waals surface area contributed by atoms with Gasteiger partial charge in [-0.1, -0.05) is 63.9 Å². The van der Waals surface area contributed by atoms with Crippen molar-refractivity contribution >= 4 is 19.1 Å². The Morgan fingerprint density at radius 3 is 1.77 bits per heavy atom. The highest BCUT2D eigenvalue weighted by atomic mass is 31.1. The normalized spacial score (nSPS) is 16.3. The topological polar surface area (TPSA) is 51.2 Å². The third kappa shape index (κ3) is 4.17. The van der Waals surface area contributed by atoms with Crippen LogP contribution in [0.2, 0.25) is 0 Å². The van der Waals surface area contributed by atoms with Crippen molar-refractivity contribution in [2.45, 2.75) is 84.7 Å². The second-order valence-corrected chi connectivity index (χ2v) is 12.0. The van der Waals surface area contributed by atoms with Crippen LogP contribution in [0.15, 0.2) is 30.3 Å². The number of benzene rings is 2. The van der Waals surface area contributed by atoms with E-state index in [1.807, 2.05) is 58.0 Å². The predicted octanol–water partition coefficient (Wildman–Crippen LogP) is 7.38. The molecule has 1 atom stereocenters. The number of rotatable bonds is 5. The van der Waals surface area contributed by atoms with Crippen molar-refractivity contribution in [2.75, 3.05) is 0 Å². The van der Waals surface area contributed by atoms with E-state index in [2.05, 4.69) is 20.8 Å². The van der Waals surface area contributed by atoms with Gasteiger partial charge in [-0.05, 0) is 73.8 Å². The summed E-state index contributed by atoms with van der Waals surface area (Å²) in [6, 6.07) is 9.81. The van der Waals surface area contributed by atoms with Crippen LogP contribution in [0.25, 0.3) is 0 Å². The quantitative estimate of drug-likeness (QED) is 0.362. The van der Waals surface area contributed by atoms with E-state index in [0.717, 1.165) is 40.7 Å². The lowest BCUT2D eigenvalue weighted by Crippen LogP contribution is -2.35. The smallest absolute Gasteiger partial charge is 0.243 e. The molecular formula is C27H34O3P. The van der Waals surface area contributed by atoms with Crippen molar-refractivity contribution < 1.29 is 14.2 Å². The van der Waals surface area contributed by atoms with Crippen LogP contribution in [0.5, 0.6) is 0 Å². The molecule has 2 aromatic rings. The fraction of sp³-hybridized carbons (Fsp3) is 0.481. The van der Waals surface area contributed by atoms with Crippen molar-refractivity contribution in [1.29, 1.82) is 0 Å². The van der Waals surface area contributed by atoms with E-state index >= 15 is 0 Å². The zero-order valence-electron chi connectivity index (χ0n) is 19.9. The predicted molar refractivity (Wildman–Crippen MR) is 128 cm³/mol. The Hall–Kier alpha value is -2.12. The van der Waals surface area contributed by atoms with E-state index in [4.69, 9.17) is 0 Å². The van der Waals surface area contributed by atoms with Gasteiger partial charge >= 0.3 is 0 Å². The number of ketones is 1. The van der Waals surface area contributed by atoms with Gasteiger partial charge in [0.25, 0.3) is 0 Å². The first-order valence-electron chi connectivity index (χ1n) is 11.1. The van der Waals surface area contributed by atoms with Crippen LogP contribution in [0, 0.1) is 27.7 Å². The molecule has 0 saturated heterocycles. The van der Waals surface area contributed by atoms with Gasteiger partial charge in [-0.2, -0.15) is 0 Å². The summed E-state index contributed by atoms with van der Waals surface area (Å²) in [5.41, 5.74) is 5.35. The molecular weight excluding hydrogens is 403 g/mol. The molecule has 0 amide bonds. The lowest BCUT2D eigenvalue weighted by atomic mass is 9.84. The molecule has 0 N–H and O–H groups in total. The van der Waals surface area contributed by atoms with Crippen molar-refractivity contribution in [1.82, 2.24) is 0 Å². The van der Waals surface area contributed by atoms with E-state index < -0.39 is 13.0 Å². The zero-order chi connectivity index (χ0) is 23.1. The van der Waals surface area contributed by atoms with E-state index in [0.29, 0.717) is 24.0 Å². The van der Waals surface area contributed by atoms with Crippen LogP contribution in [0.4, 0.5) is 0 Å². The SMILES string of the molecule is Cc1cc(C(C)(C)C)cc(C)c1C(=O)[P](=O)C1(C(=O)c2c(C)cccc2C)CCCC1. The van der Waals surface area contributed by atoms with Crippen molar-refractivity contribution in [2.24, 2.45) is 0 Å². The minimum Gasteiger partial charge on any atom is -0.293 e. The maximum atomic E-state index is 13.9. The highest BCUT2D eigenvalue weighted by Gasteiger charge is 2.51. The first kappa shape index (κ1) is 23.5. The molecule has 3 rings (SSSR count). The molecule has 1 aliphatic rings. The Morgan fingerprint density at radius 2 is 1.32 bits per heavy atom. The molecule has 165 valence electrons. The van der Waals surface area contributed by atoms with Crippen LogP contribution < -0.4 is 0 Å². The summed E-state index contributed by atoms with van der Waals surface area (Å²) in [5.74, 6) is -0.114. The monoisotopic (exact) mass is 437 g/mol. The van der Waals surface area contributed by atoms with Gasteiger partial charge in [0.1, 0.15) is 5.16 Å². The second-order valence-electron chi connectivity index (χ2n) is 10.2. The van der Waals surface area contributed by atoms with Crippen LogP contribution >= 0.6 is 7.80 Å². The van der Waals surface area contributed by atoms with Gasteiger partial charge in [-0.3, -0.25) is 14.2 Å². The number of hydrogen-bond acceptors (Lipinski definition) is 3. The van der Waals surface area contributed by atoms with E-state index in [9.17, 15) is 14.2 Å². The van der Waals surface area contributed by atoms with Gasteiger partial charge in [0.2, 0.25) is 5.52 Å². The number of carbonyl (C=O) groups excluding carboxylic acids is 2. The largest absolute Gasteiger partial charge is 0.293 e. The molecule has 1 radical (unpaired) electrons. The van der Waals surface area contributed by atoms with Crippen molar-refractivity contribution in [3.63, 3.8) is 0 Å². The van der Waals surface area contributed by atoms with Crippen LogP contribution in [0.1, 0.15) is 95.0 Å². The summed E-state index contributed by atoms with van der Waals surface area (Å²) in [6.45, 7) is 14.1. The second kappa shape index (κ2) is 8.43. The van der Waals surface area contributed by atoms with E-state index in [-0.39, 0.29) is 16.7 Å². The molecule has 0 spiro atoms. The van der Waals surface area contributed by atoms with Gasteiger partial charge < -0.3 is 0 Å². The van der Waals surface area contributed by atoms with Gasteiger partial charge in [-0.25, -0.2) is 0 Å². The van der Waals surface area contributed by atoms with Crippen molar-refractivity contribution in [3.8, 4) is 0 Å². The highest BCUT2D eigenvalue weighted by Crippen LogP contribution is 2.54. The standard InChI is InChI=1S/C27H34O3P/c1-17-11-10-12-18(2)22(17)24(28)27(13-8-9-14-27)31(30)25(29)23-19(3)15-21(16-20(23)4)26(5,6)7/h10-12,15-16H,8-9,13-14H2,1-7H3. The van der Waals surface area contributed by atoms with Gasteiger partial charge in [0.05, 0.1) is 0 Å². The summed E-state index contributed by atoms with van der Waals surface area (Å²) < 4.78 is 13.9.